The maximum atomic E-state index is 11.8. The first-order chi connectivity index (χ1) is 12.1. The van der Waals surface area contributed by atoms with Crippen molar-refractivity contribution in [2.75, 3.05) is 16.8 Å². The zero-order valence-electron chi connectivity index (χ0n) is 14.3. The summed E-state index contributed by atoms with van der Waals surface area (Å²) in [5.74, 6) is 0.906. The molecule has 0 N–H and O–H groups in total. The Labute approximate surface area is 170 Å². The van der Waals surface area contributed by atoms with Gasteiger partial charge in [-0.2, -0.15) is 0 Å². The summed E-state index contributed by atoms with van der Waals surface area (Å²) in [5.41, 5.74) is 0. The molecule has 6 heteroatoms. The number of fused-ring (bicyclic) bond motifs is 1. The summed E-state index contributed by atoms with van der Waals surface area (Å²) in [7, 11) is 0. The van der Waals surface area contributed by atoms with Gasteiger partial charge in [0.15, 0.2) is 0 Å². The number of unbranched alkanes of at least 4 members (excludes halogenated alkanes) is 3. The second kappa shape index (κ2) is 11.2. The molecule has 1 aromatic carbocycles. The normalized spacial score (nSPS) is 12.2. The Morgan fingerprint density at radius 3 is 2.80 bits per heavy atom. The van der Waals surface area contributed by atoms with Crippen LogP contribution < -0.4 is 4.74 Å². The summed E-state index contributed by atoms with van der Waals surface area (Å²) < 4.78 is 7.22. The van der Waals surface area contributed by atoms with E-state index in [1.807, 2.05) is 25.1 Å². The van der Waals surface area contributed by atoms with E-state index in [0.29, 0.717) is 6.61 Å². The Kier molecular flexibility index (Phi) is 9.26. The van der Waals surface area contributed by atoms with Gasteiger partial charge in [-0.15, -0.1) is 11.8 Å². The van der Waals surface area contributed by atoms with Crippen LogP contribution in [0.1, 0.15) is 32.6 Å². The Morgan fingerprint density at radius 2 is 2.00 bits per heavy atom. The number of hydrogen-bond donors (Lipinski definition) is 0. The maximum Gasteiger partial charge on any atom is 0.309 e. The van der Waals surface area contributed by atoms with Crippen LogP contribution in [-0.4, -0.2) is 22.8 Å². The lowest BCUT2D eigenvalue weighted by molar-refractivity contribution is -0.147. The molecule has 1 heterocycles. The molecule has 2 aromatic rings. The largest absolute Gasteiger partial charge is 0.465 e. The van der Waals surface area contributed by atoms with Gasteiger partial charge in [-0.3, -0.25) is 9.59 Å². The lowest BCUT2D eigenvalue weighted by Crippen LogP contribution is -2.16. The Morgan fingerprint density at radius 1 is 1.24 bits per heavy atom. The number of hydrogen-bond acceptors (Lipinski definition) is 5. The molecule has 1 atom stereocenters. The molecule has 3 nitrogen and oxygen atoms in total. The molecule has 0 radical (unpaired) electrons. The van der Waals surface area contributed by atoms with Crippen molar-refractivity contribution in [1.29, 1.82) is 0 Å². The number of halogens is 1. The van der Waals surface area contributed by atoms with E-state index in [9.17, 15) is 9.59 Å². The molecule has 0 saturated carbocycles. The highest BCUT2D eigenvalue weighted by Gasteiger charge is 2.11. The minimum Gasteiger partial charge on any atom is -0.465 e. The van der Waals surface area contributed by atoms with Crippen LogP contribution in [0.2, 0.25) is 0 Å². The molecule has 0 aliphatic heterocycles. The molecule has 25 heavy (non-hydrogen) atoms. The van der Waals surface area contributed by atoms with E-state index in [2.05, 4.69) is 28.7 Å². The van der Waals surface area contributed by atoms with E-state index in [-0.39, 0.29) is 16.6 Å². The van der Waals surface area contributed by atoms with E-state index in [4.69, 9.17) is 4.74 Å². The molecule has 1 unspecified atom stereocenters. The average Bonchev–Trinajstić information content (AvgIpc) is 2.62. The molecule has 0 aliphatic carbocycles. The van der Waals surface area contributed by atoms with E-state index in [1.54, 1.807) is 17.8 Å². The van der Waals surface area contributed by atoms with Crippen LogP contribution in [0, 0.1) is 5.92 Å². The van der Waals surface area contributed by atoms with E-state index < -0.39 is 0 Å². The molecule has 136 valence electrons. The van der Waals surface area contributed by atoms with Gasteiger partial charge >= 0.3 is 5.97 Å². The van der Waals surface area contributed by atoms with Crippen LogP contribution in [0.5, 0.6) is 0 Å². The number of ether oxygens (including phenoxy) is 1. The third-order valence-electron chi connectivity index (χ3n) is 3.79. The highest BCUT2D eigenvalue weighted by atomic mass is 127. The van der Waals surface area contributed by atoms with Gasteiger partial charge in [0.25, 0.3) is 0 Å². The highest BCUT2D eigenvalue weighted by molar-refractivity contribution is 14.1. The zero-order valence-corrected chi connectivity index (χ0v) is 18.1. The first-order valence-electron chi connectivity index (χ1n) is 8.50. The lowest BCUT2D eigenvalue weighted by Gasteiger charge is -2.08. The molecule has 0 spiro atoms. The predicted molar refractivity (Wildman–Crippen MR) is 116 cm³/mol. The fraction of sp³-hybridized carbons (Fsp3) is 0.474. The summed E-state index contributed by atoms with van der Waals surface area (Å²) in [6, 6.07) is 9.83. The maximum absolute atomic E-state index is 11.8. The second-order valence-corrected chi connectivity index (χ2v) is 8.98. The summed E-state index contributed by atoms with van der Waals surface area (Å²) in [5, 5.41) is 1.17. The van der Waals surface area contributed by atoms with Crippen LogP contribution in [0.4, 0.5) is 0 Å². The van der Waals surface area contributed by atoms with Crippen molar-refractivity contribution in [2.24, 2.45) is 5.92 Å². The molecular formula is C19H23IO3S2. The van der Waals surface area contributed by atoms with E-state index in [1.165, 1.54) is 16.7 Å². The van der Waals surface area contributed by atoms with Gasteiger partial charge in [0.1, 0.15) is 0 Å². The summed E-state index contributed by atoms with van der Waals surface area (Å²) in [6.07, 6.45) is 4.20. The highest BCUT2D eigenvalue weighted by Crippen LogP contribution is 2.28. The molecule has 0 saturated heterocycles. The van der Waals surface area contributed by atoms with Crippen molar-refractivity contribution in [1.82, 2.24) is 0 Å². The quantitative estimate of drug-likeness (QED) is 0.145. The zero-order chi connectivity index (χ0) is 18.1. The van der Waals surface area contributed by atoms with Crippen molar-refractivity contribution in [3.8, 4) is 0 Å². The number of esters is 1. The number of carbonyl (C=O) groups excluding carboxylic acids is 1. The van der Waals surface area contributed by atoms with Gasteiger partial charge in [0.2, 0.25) is 4.74 Å². The summed E-state index contributed by atoms with van der Waals surface area (Å²) in [6.45, 7) is 2.42. The minimum atomic E-state index is -0.0876. The Bertz CT molecular complexity index is 745. The van der Waals surface area contributed by atoms with Gasteiger partial charge in [-0.05, 0) is 24.7 Å². The number of benzene rings is 1. The SMILES string of the molecule is CC(CI)C(=O)OCCCCCCSc1cc(=O)sc2ccccc12. The molecule has 0 aliphatic rings. The second-order valence-electron chi connectivity index (χ2n) is 5.91. The summed E-state index contributed by atoms with van der Waals surface area (Å²) >= 11 is 5.27. The van der Waals surface area contributed by atoms with Gasteiger partial charge < -0.3 is 4.74 Å². The lowest BCUT2D eigenvalue weighted by atomic mass is 10.2. The van der Waals surface area contributed by atoms with Gasteiger partial charge in [0.05, 0.1) is 12.5 Å². The molecule has 2 rings (SSSR count). The third-order valence-corrected chi connectivity index (χ3v) is 7.14. The van der Waals surface area contributed by atoms with E-state index >= 15 is 0 Å². The van der Waals surface area contributed by atoms with Crippen molar-refractivity contribution in [3.63, 3.8) is 0 Å². The van der Waals surface area contributed by atoms with Crippen LogP contribution in [-0.2, 0) is 9.53 Å². The monoisotopic (exact) mass is 490 g/mol. The van der Waals surface area contributed by atoms with E-state index in [0.717, 1.165) is 45.5 Å². The van der Waals surface area contributed by atoms with Crippen molar-refractivity contribution in [2.45, 2.75) is 37.5 Å². The fourth-order valence-corrected chi connectivity index (χ4v) is 4.74. The number of alkyl halides is 1. The van der Waals surface area contributed by atoms with Crippen LogP contribution >= 0.6 is 45.7 Å². The van der Waals surface area contributed by atoms with Crippen molar-refractivity contribution in [3.05, 3.63) is 39.9 Å². The molecule has 0 amide bonds. The minimum absolute atomic E-state index is 0.00970. The molecule has 1 aromatic heterocycles. The van der Waals surface area contributed by atoms with Crippen LogP contribution in [0.15, 0.2) is 40.0 Å². The molecular weight excluding hydrogens is 467 g/mol. The van der Waals surface area contributed by atoms with Gasteiger partial charge in [-0.1, -0.05) is 71.9 Å². The topological polar surface area (TPSA) is 43.4 Å². The fourth-order valence-electron chi connectivity index (χ4n) is 2.32. The molecule has 0 fully saturated rings. The number of rotatable bonds is 10. The standard InChI is InChI=1S/C19H23IO3S2/c1-14(13-20)19(22)23-10-6-2-3-7-11-24-17-12-18(21)25-16-9-5-4-8-15(16)17/h4-5,8-9,12,14H,2-3,6-7,10-11,13H2,1H3. The first kappa shape index (κ1) is 20.7. The average molecular weight is 490 g/mol. The molecule has 0 bridgehead atoms. The third kappa shape index (κ3) is 6.90. The van der Waals surface area contributed by atoms with Crippen molar-refractivity contribution < 1.29 is 9.53 Å². The van der Waals surface area contributed by atoms with Gasteiger partial charge in [-0.25, -0.2) is 0 Å². The number of carbonyl (C=O) groups is 1. The predicted octanol–water partition coefficient (Wildman–Crippen LogP) is 5.53. The van der Waals surface area contributed by atoms with Crippen molar-refractivity contribution >= 4 is 61.7 Å². The van der Waals surface area contributed by atoms with Crippen LogP contribution in [0.25, 0.3) is 10.1 Å². The van der Waals surface area contributed by atoms with Crippen LogP contribution in [0.3, 0.4) is 0 Å². The number of thioether (sulfide) groups is 1. The summed E-state index contributed by atoms with van der Waals surface area (Å²) in [4.78, 5) is 24.4. The Hall–Kier alpha value is -0.600. The smallest absolute Gasteiger partial charge is 0.309 e. The Balaban J connectivity index is 1.66. The van der Waals surface area contributed by atoms with Gasteiger partial charge in [0, 0.05) is 25.5 Å². The first-order valence-corrected chi connectivity index (χ1v) is 11.8.